The van der Waals surface area contributed by atoms with Gasteiger partial charge >= 0.3 is 0 Å². The topological polar surface area (TPSA) is 26.0 Å². The zero-order chi connectivity index (χ0) is 11.4. The molecular formula is C16H13N. The third-order valence-corrected chi connectivity index (χ3v) is 3.90. The third kappa shape index (κ3) is 1.09. The molecule has 0 saturated heterocycles. The van der Waals surface area contributed by atoms with Crippen LogP contribution in [0.25, 0.3) is 21.5 Å². The fourth-order valence-electron chi connectivity index (χ4n) is 3.10. The quantitative estimate of drug-likeness (QED) is 0.453. The molecule has 0 bridgehead atoms. The molecule has 0 amide bonds. The van der Waals surface area contributed by atoms with Crippen LogP contribution in [-0.2, 0) is 12.8 Å². The minimum atomic E-state index is 0.944. The van der Waals surface area contributed by atoms with E-state index >= 15 is 0 Å². The first kappa shape index (κ1) is 9.06. The highest BCUT2D eigenvalue weighted by Gasteiger charge is 2.16. The highest BCUT2D eigenvalue weighted by Crippen LogP contribution is 2.37. The minimum absolute atomic E-state index is 0.944. The highest BCUT2D eigenvalue weighted by atomic mass is 14.6. The SMILES string of the molecule is Nc1ccc2ccc3cccc4c3c2c1CC4. The first-order valence-corrected chi connectivity index (χ1v) is 6.06. The van der Waals surface area contributed by atoms with Gasteiger partial charge < -0.3 is 5.73 Å². The Kier molecular flexibility index (Phi) is 1.60. The van der Waals surface area contributed by atoms with Crippen LogP contribution in [0.15, 0.2) is 42.5 Å². The van der Waals surface area contributed by atoms with Gasteiger partial charge in [-0.15, -0.1) is 0 Å². The van der Waals surface area contributed by atoms with E-state index < -0.39 is 0 Å². The summed E-state index contributed by atoms with van der Waals surface area (Å²) in [4.78, 5) is 0. The third-order valence-electron chi connectivity index (χ3n) is 3.90. The summed E-state index contributed by atoms with van der Waals surface area (Å²) in [6.45, 7) is 0. The maximum absolute atomic E-state index is 6.12. The smallest absolute Gasteiger partial charge is 0.0353 e. The van der Waals surface area contributed by atoms with Gasteiger partial charge in [-0.1, -0.05) is 36.4 Å². The molecule has 0 heterocycles. The second kappa shape index (κ2) is 3.01. The van der Waals surface area contributed by atoms with E-state index in [2.05, 4.69) is 36.4 Å². The van der Waals surface area contributed by atoms with Gasteiger partial charge in [0.1, 0.15) is 0 Å². The van der Waals surface area contributed by atoms with Gasteiger partial charge in [0.2, 0.25) is 0 Å². The van der Waals surface area contributed by atoms with Crippen molar-refractivity contribution in [3.63, 3.8) is 0 Å². The lowest BCUT2D eigenvalue weighted by Gasteiger charge is -2.19. The zero-order valence-electron chi connectivity index (χ0n) is 9.53. The van der Waals surface area contributed by atoms with Gasteiger partial charge in [0.25, 0.3) is 0 Å². The molecule has 0 aliphatic heterocycles. The van der Waals surface area contributed by atoms with Gasteiger partial charge in [0, 0.05) is 5.69 Å². The Hall–Kier alpha value is -2.02. The van der Waals surface area contributed by atoms with Crippen LogP contribution >= 0.6 is 0 Å². The van der Waals surface area contributed by atoms with Crippen LogP contribution in [0.4, 0.5) is 5.69 Å². The van der Waals surface area contributed by atoms with E-state index in [1.54, 1.807) is 0 Å². The lowest BCUT2D eigenvalue weighted by Crippen LogP contribution is -2.04. The molecule has 0 fully saturated rings. The molecule has 3 aromatic rings. The summed E-state index contributed by atoms with van der Waals surface area (Å²) in [5.74, 6) is 0. The van der Waals surface area contributed by atoms with Crippen molar-refractivity contribution in [2.24, 2.45) is 0 Å². The summed E-state index contributed by atoms with van der Waals surface area (Å²) in [6, 6.07) is 15.2. The summed E-state index contributed by atoms with van der Waals surface area (Å²) in [5.41, 5.74) is 9.87. The molecule has 1 nitrogen and oxygen atoms in total. The van der Waals surface area contributed by atoms with Gasteiger partial charge in [-0.25, -0.2) is 0 Å². The van der Waals surface area contributed by atoms with E-state index in [0.29, 0.717) is 0 Å². The van der Waals surface area contributed by atoms with E-state index in [0.717, 1.165) is 18.5 Å². The molecule has 0 unspecified atom stereocenters. The number of anilines is 1. The maximum atomic E-state index is 6.12. The Morgan fingerprint density at radius 2 is 1.53 bits per heavy atom. The van der Waals surface area contributed by atoms with E-state index in [1.807, 2.05) is 6.07 Å². The molecule has 82 valence electrons. The van der Waals surface area contributed by atoms with Crippen molar-refractivity contribution in [1.29, 1.82) is 0 Å². The van der Waals surface area contributed by atoms with E-state index in [-0.39, 0.29) is 0 Å². The van der Waals surface area contributed by atoms with Crippen molar-refractivity contribution in [3.8, 4) is 0 Å². The van der Waals surface area contributed by atoms with Crippen molar-refractivity contribution >= 4 is 27.2 Å². The second-order valence-electron chi connectivity index (χ2n) is 4.81. The molecule has 3 aromatic carbocycles. The molecule has 1 heteroatoms. The number of benzene rings is 3. The van der Waals surface area contributed by atoms with Crippen LogP contribution in [0.1, 0.15) is 11.1 Å². The summed E-state index contributed by atoms with van der Waals surface area (Å²) in [7, 11) is 0. The monoisotopic (exact) mass is 219 g/mol. The Morgan fingerprint density at radius 3 is 2.41 bits per heavy atom. The molecule has 1 aliphatic carbocycles. The van der Waals surface area contributed by atoms with Crippen molar-refractivity contribution in [2.75, 3.05) is 5.73 Å². The minimum Gasteiger partial charge on any atom is -0.398 e. The van der Waals surface area contributed by atoms with Crippen molar-refractivity contribution < 1.29 is 0 Å². The molecule has 0 saturated carbocycles. The van der Waals surface area contributed by atoms with Crippen molar-refractivity contribution in [2.45, 2.75) is 12.8 Å². The van der Waals surface area contributed by atoms with Crippen LogP contribution < -0.4 is 5.73 Å². The van der Waals surface area contributed by atoms with Gasteiger partial charge in [-0.3, -0.25) is 0 Å². The molecular weight excluding hydrogens is 206 g/mol. The van der Waals surface area contributed by atoms with Gasteiger partial charge in [-0.05, 0) is 51.6 Å². The Balaban J connectivity index is 2.39. The predicted molar refractivity (Wildman–Crippen MR) is 73.3 cm³/mol. The fraction of sp³-hybridized carbons (Fsp3) is 0.125. The molecule has 0 atom stereocenters. The van der Waals surface area contributed by atoms with Crippen molar-refractivity contribution in [1.82, 2.24) is 0 Å². The van der Waals surface area contributed by atoms with Crippen LogP contribution in [0.2, 0.25) is 0 Å². The summed E-state index contributed by atoms with van der Waals surface area (Å²) in [5, 5.41) is 5.44. The molecule has 17 heavy (non-hydrogen) atoms. The second-order valence-corrected chi connectivity index (χ2v) is 4.81. The first-order chi connectivity index (χ1) is 8.34. The van der Waals surface area contributed by atoms with E-state index in [9.17, 15) is 0 Å². The molecule has 0 radical (unpaired) electrons. The van der Waals surface area contributed by atoms with Crippen molar-refractivity contribution in [3.05, 3.63) is 53.6 Å². The zero-order valence-corrected chi connectivity index (χ0v) is 9.53. The number of rotatable bonds is 0. The average molecular weight is 219 g/mol. The number of hydrogen-bond acceptors (Lipinski definition) is 1. The van der Waals surface area contributed by atoms with Crippen LogP contribution in [0, 0.1) is 0 Å². The molecule has 0 spiro atoms. The molecule has 0 aromatic heterocycles. The maximum Gasteiger partial charge on any atom is 0.0353 e. The van der Waals surface area contributed by atoms with Gasteiger partial charge in [0.05, 0.1) is 0 Å². The lowest BCUT2D eigenvalue weighted by molar-refractivity contribution is 0.971. The summed E-state index contributed by atoms with van der Waals surface area (Å²) < 4.78 is 0. The normalized spacial score (nSPS) is 13.6. The average Bonchev–Trinajstić information content (AvgIpc) is 2.38. The highest BCUT2D eigenvalue weighted by molar-refractivity contribution is 6.12. The first-order valence-electron chi connectivity index (χ1n) is 6.06. The number of aryl methyl sites for hydroxylation is 2. The fourth-order valence-corrected chi connectivity index (χ4v) is 3.10. The predicted octanol–water partition coefficient (Wildman–Crippen LogP) is 3.67. The number of hydrogen-bond donors (Lipinski definition) is 1. The summed E-state index contributed by atoms with van der Waals surface area (Å²) in [6.07, 6.45) is 2.18. The van der Waals surface area contributed by atoms with Crippen LogP contribution in [0.5, 0.6) is 0 Å². The molecule has 1 aliphatic rings. The van der Waals surface area contributed by atoms with Gasteiger partial charge in [0.15, 0.2) is 0 Å². The largest absolute Gasteiger partial charge is 0.398 e. The van der Waals surface area contributed by atoms with Gasteiger partial charge in [-0.2, -0.15) is 0 Å². The Labute approximate surface area is 99.9 Å². The summed E-state index contributed by atoms with van der Waals surface area (Å²) >= 11 is 0. The molecule has 2 N–H and O–H groups in total. The number of nitrogens with two attached hydrogens (primary N) is 1. The Morgan fingerprint density at radius 1 is 0.765 bits per heavy atom. The molecule has 4 rings (SSSR count). The van der Waals surface area contributed by atoms with E-state index in [4.69, 9.17) is 5.73 Å². The standard InChI is InChI=1S/C16H13N/c17-14-9-7-12-5-4-10-2-1-3-11-6-8-13(14)16(12)15(10)11/h1-5,7,9H,6,8,17H2. The van der Waals surface area contributed by atoms with E-state index in [1.165, 1.54) is 32.7 Å². The Bertz CT molecular complexity index is 756. The van der Waals surface area contributed by atoms with Crippen LogP contribution in [-0.4, -0.2) is 0 Å². The number of nitrogen functional groups attached to an aromatic ring is 1. The van der Waals surface area contributed by atoms with Crippen LogP contribution in [0.3, 0.4) is 0 Å². The lowest BCUT2D eigenvalue weighted by atomic mass is 9.85.